The minimum absolute atomic E-state index is 0.00830. The minimum atomic E-state index is -0.181. The SMILES string of the molecule is CC(C)CN1CCO[C@@H](CNC(=O)[C@@H]2CCN(C)C(=O)C2)C1. The zero-order valence-corrected chi connectivity index (χ0v) is 14.0. The number of ether oxygens (including phenoxy) is 1. The van der Waals surface area contributed by atoms with Crippen molar-refractivity contribution in [2.45, 2.75) is 32.8 Å². The van der Waals surface area contributed by atoms with Crippen molar-refractivity contribution in [1.82, 2.24) is 15.1 Å². The highest BCUT2D eigenvalue weighted by molar-refractivity contribution is 5.86. The molecule has 126 valence electrons. The molecule has 0 radical (unpaired) electrons. The lowest BCUT2D eigenvalue weighted by Gasteiger charge is -2.34. The summed E-state index contributed by atoms with van der Waals surface area (Å²) in [4.78, 5) is 28.0. The summed E-state index contributed by atoms with van der Waals surface area (Å²) in [6, 6.07) is 0. The number of rotatable bonds is 5. The van der Waals surface area contributed by atoms with Crippen LogP contribution in [-0.2, 0) is 14.3 Å². The molecule has 0 aromatic heterocycles. The molecule has 2 fully saturated rings. The summed E-state index contributed by atoms with van der Waals surface area (Å²) >= 11 is 0. The fourth-order valence-corrected chi connectivity index (χ4v) is 3.11. The molecule has 1 N–H and O–H groups in total. The van der Waals surface area contributed by atoms with Crippen LogP contribution in [0.25, 0.3) is 0 Å². The molecule has 2 aliphatic rings. The Morgan fingerprint density at radius 1 is 1.41 bits per heavy atom. The summed E-state index contributed by atoms with van der Waals surface area (Å²) in [5, 5.41) is 2.97. The first-order chi connectivity index (χ1) is 10.5. The Kier molecular flexibility index (Phi) is 6.20. The van der Waals surface area contributed by atoms with E-state index in [9.17, 15) is 9.59 Å². The Labute approximate surface area is 133 Å². The normalized spacial score (nSPS) is 27.3. The second-order valence-electron chi connectivity index (χ2n) is 6.90. The standard InChI is InChI=1S/C16H29N3O3/c1-12(2)10-19-6-7-22-14(11-19)9-17-16(21)13-4-5-18(3)15(20)8-13/h12-14H,4-11H2,1-3H3,(H,17,21)/t13-,14+/m1/s1. The van der Waals surface area contributed by atoms with Crippen molar-refractivity contribution in [2.75, 3.05) is 46.4 Å². The number of hydrogen-bond donors (Lipinski definition) is 1. The topological polar surface area (TPSA) is 61.9 Å². The lowest BCUT2D eigenvalue weighted by atomic mass is 9.95. The van der Waals surface area contributed by atoms with Crippen LogP contribution in [0.15, 0.2) is 0 Å². The molecule has 0 aromatic rings. The van der Waals surface area contributed by atoms with Crippen LogP contribution in [0.2, 0.25) is 0 Å². The molecule has 0 aromatic carbocycles. The quantitative estimate of drug-likeness (QED) is 0.795. The largest absolute Gasteiger partial charge is 0.374 e. The highest BCUT2D eigenvalue weighted by atomic mass is 16.5. The zero-order chi connectivity index (χ0) is 16.1. The number of carbonyl (C=O) groups excluding carboxylic acids is 2. The second-order valence-corrected chi connectivity index (χ2v) is 6.90. The molecular formula is C16H29N3O3. The predicted octanol–water partition coefficient (Wildman–Crippen LogP) is 0.328. The van der Waals surface area contributed by atoms with E-state index in [1.165, 1.54) is 0 Å². The molecule has 22 heavy (non-hydrogen) atoms. The van der Waals surface area contributed by atoms with E-state index in [4.69, 9.17) is 4.74 Å². The Morgan fingerprint density at radius 3 is 2.86 bits per heavy atom. The van der Waals surface area contributed by atoms with Gasteiger partial charge in [-0.2, -0.15) is 0 Å². The van der Waals surface area contributed by atoms with E-state index in [0.29, 0.717) is 25.4 Å². The first kappa shape index (κ1) is 17.2. The first-order valence-electron chi connectivity index (χ1n) is 8.31. The van der Waals surface area contributed by atoms with Gasteiger partial charge in [-0.15, -0.1) is 0 Å². The highest BCUT2D eigenvalue weighted by Gasteiger charge is 2.29. The van der Waals surface area contributed by atoms with Crippen molar-refractivity contribution in [1.29, 1.82) is 0 Å². The van der Waals surface area contributed by atoms with Crippen molar-refractivity contribution in [3.05, 3.63) is 0 Å². The Hall–Kier alpha value is -1.14. The Morgan fingerprint density at radius 2 is 2.18 bits per heavy atom. The number of carbonyl (C=O) groups is 2. The van der Waals surface area contributed by atoms with E-state index < -0.39 is 0 Å². The van der Waals surface area contributed by atoms with Gasteiger partial charge in [-0.1, -0.05) is 13.8 Å². The fraction of sp³-hybridized carbons (Fsp3) is 0.875. The maximum absolute atomic E-state index is 12.2. The molecule has 2 amide bonds. The average Bonchev–Trinajstić information content (AvgIpc) is 2.47. The molecule has 2 rings (SSSR count). The van der Waals surface area contributed by atoms with Crippen LogP contribution >= 0.6 is 0 Å². The second kappa shape index (κ2) is 7.92. The van der Waals surface area contributed by atoms with Gasteiger partial charge >= 0.3 is 0 Å². The number of hydrogen-bond acceptors (Lipinski definition) is 4. The van der Waals surface area contributed by atoms with E-state index in [0.717, 1.165) is 32.7 Å². The highest BCUT2D eigenvalue weighted by Crippen LogP contribution is 2.17. The predicted molar refractivity (Wildman–Crippen MR) is 84.4 cm³/mol. The van der Waals surface area contributed by atoms with E-state index in [2.05, 4.69) is 24.1 Å². The van der Waals surface area contributed by atoms with Crippen LogP contribution in [0.5, 0.6) is 0 Å². The molecule has 0 saturated carbocycles. The summed E-state index contributed by atoms with van der Waals surface area (Å²) in [6.45, 7) is 9.24. The maximum Gasteiger partial charge on any atom is 0.223 e. The third-order valence-corrected chi connectivity index (χ3v) is 4.38. The van der Waals surface area contributed by atoms with Crippen molar-refractivity contribution in [2.24, 2.45) is 11.8 Å². The number of nitrogens with zero attached hydrogens (tertiary/aromatic N) is 2. The van der Waals surface area contributed by atoms with E-state index in [1.54, 1.807) is 11.9 Å². The lowest BCUT2D eigenvalue weighted by Crippen LogP contribution is -2.50. The number of likely N-dealkylation sites (tertiary alicyclic amines) is 1. The number of nitrogens with one attached hydrogen (secondary N) is 1. The summed E-state index contributed by atoms with van der Waals surface area (Å²) < 4.78 is 5.73. The fourth-order valence-electron chi connectivity index (χ4n) is 3.11. The van der Waals surface area contributed by atoms with Crippen molar-refractivity contribution in [3.63, 3.8) is 0 Å². The molecule has 2 aliphatic heterocycles. The van der Waals surface area contributed by atoms with Gasteiger partial charge in [0.15, 0.2) is 0 Å². The van der Waals surface area contributed by atoms with E-state index in [1.807, 2.05) is 0 Å². The van der Waals surface area contributed by atoms with Crippen LogP contribution < -0.4 is 5.32 Å². The van der Waals surface area contributed by atoms with Crippen LogP contribution in [0.1, 0.15) is 26.7 Å². The smallest absolute Gasteiger partial charge is 0.223 e. The molecule has 6 nitrogen and oxygen atoms in total. The summed E-state index contributed by atoms with van der Waals surface area (Å²) in [5.74, 6) is 0.507. The number of piperidine rings is 1. The molecule has 2 atom stereocenters. The Bertz CT molecular complexity index is 400. The molecule has 0 unspecified atom stereocenters. The molecule has 2 saturated heterocycles. The van der Waals surface area contributed by atoms with Gasteiger partial charge in [0.05, 0.1) is 12.7 Å². The third kappa shape index (κ3) is 4.95. The van der Waals surface area contributed by atoms with Crippen LogP contribution in [0.3, 0.4) is 0 Å². The molecule has 6 heteroatoms. The van der Waals surface area contributed by atoms with Crippen molar-refractivity contribution < 1.29 is 14.3 Å². The van der Waals surface area contributed by atoms with Gasteiger partial charge in [0.1, 0.15) is 0 Å². The molecule has 0 spiro atoms. The first-order valence-corrected chi connectivity index (χ1v) is 8.31. The van der Waals surface area contributed by atoms with E-state index in [-0.39, 0.29) is 23.8 Å². The van der Waals surface area contributed by atoms with Gasteiger partial charge in [-0.25, -0.2) is 0 Å². The summed E-state index contributed by atoms with van der Waals surface area (Å²) in [7, 11) is 1.79. The number of amides is 2. The Balaban J connectivity index is 1.73. The molecule has 0 bridgehead atoms. The van der Waals surface area contributed by atoms with Gasteiger partial charge in [0.25, 0.3) is 0 Å². The van der Waals surface area contributed by atoms with Crippen LogP contribution in [-0.4, -0.2) is 74.1 Å². The van der Waals surface area contributed by atoms with Gasteiger partial charge < -0.3 is 15.0 Å². The molecule has 0 aliphatic carbocycles. The van der Waals surface area contributed by atoms with Gasteiger partial charge in [-0.05, 0) is 12.3 Å². The summed E-state index contributed by atoms with van der Waals surface area (Å²) in [6.07, 6.45) is 1.13. The van der Waals surface area contributed by atoms with Crippen LogP contribution in [0, 0.1) is 11.8 Å². The monoisotopic (exact) mass is 311 g/mol. The van der Waals surface area contributed by atoms with Crippen molar-refractivity contribution >= 4 is 11.8 Å². The third-order valence-electron chi connectivity index (χ3n) is 4.38. The van der Waals surface area contributed by atoms with Gasteiger partial charge in [-0.3, -0.25) is 14.5 Å². The maximum atomic E-state index is 12.2. The zero-order valence-electron chi connectivity index (χ0n) is 14.0. The molecular weight excluding hydrogens is 282 g/mol. The minimum Gasteiger partial charge on any atom is -0.374 e. The van der Waals surface area contributed by atoms with Gasteiger partial charge in [0.2, 0.25) is 11.8 Å². The van der Waals surface area contributed by atoms with Gasteiger partial charge in [0, 0.05) is 52.1 Å². The lowest BCUT2D eigenvalue weighted by molar-refractivity contribution is -0.139. The average molecular weight is 311 g/mol. The number of morpholine rings is 1. The van der Waals surface area contributed by atoms with Crippen molar-refractivity contribution in [3.8, 4) is 0 Å². The summed E-state index contributed by atoms with van der Waals surface area (Å²) in [5.41, 5.74) is 0. The van der Waals surface area contributed by atoms with E-state index >= 15 is 0 Å². The molecule has 2 heterocycles. The van der Waals surface area contributed by atoms with Crippen LogP contribution in [0.4, 0.5) is 0 Å².